The van der Waals surface area contributed by atoms with Crippen LogP contribution in [0.15, 0.2) is 23.4 Å². The van der Waals surface area contributed by atoms with Crippen LogP contribution in [0.4, 0.5) is 0 Å². The van der Waals surface area contributed by atoms with Crippen LogP contribution in [0.1, 0.15) is 66.8 Å². The normalized spacial score (nSPS) is 16.3. The zero-order valence-corrected chi connectivity index (χ0v) is 21.6. The number of fused-ring (bicyclic) bond motifs is 2. The number of aromatic nitrogens is 4. The van der Waals surface area contributed by atoms with Crippen molar-refractivity contribution in [3.05, 3.63) is 40.7 Å². The number of benzene rings is 1. The number of nitrogens with one attached hydrogen (secondary N) is 2. The summed E-state index contributed by atoms with van der Waals surface area (Å²) in [5.41, 5.74) is 5.56. The van der Waals surface area contributed by atoms with Crippen LogP contribution in [-0.2, 0) is 24.3 Å². The summed E-state index contributed by atoms with van der Waals surface area (Å²) in [6.07, 6.45) is 5.10. The zero-order chi connectivity index (χ0) is 24.5. The number of aryl methyl sites for hydroxylation is 1. The molecule has 0 unspecified atom stereocenters. The highest BCUT2D eigenvalue weighted by Gasteiger charge is 2.31. The second-order valence-electron chi connectivity index (χ2n) is 10.2. The number of carbonyl (C=O) groups excluding carboxylic acids is 2. The average Bonchev–Trinajstić information content (AvgIpc) is 3.55. The third kappa shape index (κ3) is 5.24. The summed E-state index contributed by atoms with van der Waals surface area (Å²) in [7, 11) is 0. The molecule has 5 rings (SSSR count). The Morgan fingerprint density at radius 1 is 1.26 bits per heavy atom. The van der Waals surface area contributed by atoms with E-state index in [9.17, 15) is 9.59 Å². The first-order valence-corrected chi connectivity index (χ1v) is 13.6. The van der Waals surface area contributed by atoms with Crippen LogP contribution in [-0.4, -0.2) is 54.8 Å². The maximum absolute atomic E-state index is 13.2. The van der Waals surface area contributed by atoms with E-state index in [1.807, 2.05) is 28.6 Å². The Morgan fingerprint density at radius 3 is 2.83 bits per heavy atom. The molecule has 1 aliphatic heterocycles. The fourth-order valence-corrected chi connectivity index (χ4v) is 5.88. The average molecular weight is 495 g/mol. The molecule has 1 aliphatic carbocycles. The Bertz CT molecular complexity index is 1240. The van der Waals surface area contributed by atoms with E-state index in [1.165, 1.54) is 17.3 Å². The lowest BCUT2D eigenvalue weighted by molar-refractivity contribution is -0.129. The quantitative estimate of drug-likeness (QED) is 0.483. The molecule has 35 heavy (non-hydrogen) atoms. The number of amides is 2. The smallest absolute Gasteiger partial charge is 0.272 e. The van der Waals surface area contributed by atoms with E-state index in [0.717, 1.165) is 59.7 Å². The van der Waals surface area contributed by atoms with Crippen molar-refractivity contribution in [1.29, 1.82) is 0 Å². The van der Waals surface area contributed by atoms with Crippen LogP contribution in [0.2, 0.25) is 0 Å². The van der Waals surface area contributed by atoms with Crippen LogP contribution < -0.4 is 5.32 Å². The van der Waals surface area contributed by atoms with Gasteiger partial charge in [-0.15, -0.1) is 0 Å². The molecule has 0 bridgehead atoms. The molecular weight excluding hydrogens is 460 g/mol. The molecule has 8 nitrogen and oxygen atoms in total. The van der Waals surface area contributed by atoms with E-state index in [4.69, 9.17) is 5.10 Å². The third-order valence-electron chi connectivity index (χ3n) is 6.88. The summed E-state index contributed by atoms with van der Waals surface area (Å²) in [5, 5.41) is 8.67. The second kappa shape index (κ2) is 10.0. The number of hydrogen-bond acceptors (Lipinski definition) is 5. The van der Waals surface area contributed by atoms with Gasteiger partial charge in [-0.2, -0.15) is 5.10 Å². The molecule has 186 valence electrons. The van der Waals surface area contributed by atoms with Crippen LogP contribution >= 0.6 is 11.8 Å². The molecule has 0 radical (unpaired) electrons. The fourth-order valence-electron chi connectivity index (χ4n) is 5.10. The first-order chi connectivity index (χ1) is 16.9. The topological polar surface area (TPSA) is 95.9 Å². The largest absolute Gasteiger partial charge is 0.348 e. The molecule has 0 saturated heterocycles. The Hall–Kier alpha value is -2.81. The van der Waals surface area contributed by atoms with E-state index < -0.39 is 0 Å². The summed E-state index contributed by atoms with van der Waals surface area (Å²) in [5.74, 6) is 0.680. The predicted molar refractivity (Wildman–Crippen MR) is 137 cm³/mol. The standard InChI is InChI=1S/C26H34N6O2S/c1-16(2)13-32-22-10-11-31(14-19(22)24(30-32)25(34)27-18-6-4-5-7-18)23(33)15-35-26-28-20-9-8-17(3)12-21(20)29-26/h8-9,12,16,18H,4-7,10-11,13-15H2,1-3H3,(H,27,34)(H,28,29). The molecule has 2 aromatic heterocycles. The summed E-state index contributed by atoms with van der Waals surface area (Å²) in [4.78, 5) is 36.0. The van der Waals surface area contributed by atoms with Crippen molar-refractivity contribution < 1.29 is 9.59 Å². The van der Waals surface area contributed by atoms with Crippen molar-refractivity contribution in [3.63, 3.8) is 0 Å². The number of aromatic amines is 1. The predicted octanol–water partition coefficient (Wildman–Crippen LogP) is 4.07. The Balaban J connectivity index is 1.29. The van der Waals surface area contributed by atoms with E-state index in [0.29, 0.717) is 36.9 Å². The third-order valence-corrected chi connectivity index (χ3v) is 7.74. The van der Waals surface area contributed by atoms with Crippen LogP contribution in [0.3, 0.4) is 0 Å². The second-order valence-corrected chi connectivity index (χ2v) is 11.2. The maximum atomic E-state index is 13.2. The van der Waals surface area contributed by atoms with Gasteiger partial charge in [-0.3, -0.25) is 14.3 Å². The van der Waals surface area contributed by atoms with Gasteiger partial charge in [0, 0.05) is 43.4 Å². The van der Waals surface area contributed by atoms with Crippen molar-refractivity contribution in [2.75, 3.05) is 12.3 Å². The van der Waals surface area contributed by atoms with Crippen molar-refractivity contribution in [3.8, 4) is 0 Å². The molecule has 2 N–H and O–H groups in total. The van der Waals surface area contributed by atoms with Crippen molar-refractivity contribution in [1.82, 2.24) is 30.0 Å². The number of H-pyrrole nitrogens is 1. The monoisotopic (exact) mass is 494 g/mol. The molecule has 9 heteroatoms. The Labute approximate surface area is 210 Å². The highest BCUT2D eigenvalue weighted by molar-refractivity contribution is 7.99. The molecule has 3 heterocycles. The molecule has 0 spiro atoms. The number of imidazole rings is 1. The van der Waals surface area contributed by atoms with E-state index in [1.54, 1.807) is 0 Å². The first-order valence-electron chi connectivity index (χ1n) is 12.6. The van der Waals surface area contributed by atoms with Gasteiger partial charge in [0.1, 0.15) is 0 Å². The van der Waals surface area contributed by atoms with Crippen molar-refractivity contribution >= 4 is 34.6 Å². The van der Waals surface area contributed by atoms with Gasteiger partial charge in [0.25, 0.3) is 5.91 Å². The highest BCUT2D eigenvalue weighted by atomic mass is 32.2. The number of nitrogens with zero attached hydrogens (tertiary/aromatic N) is 4. The number of rotatable bonds is 7. The van der Waals surface area contributed by atoms with Gasteiger partial charge in [0.2, 0.25) is 5.91 Å². The lowest BCUT2D eigenvalue weighted by Crippen LogP contribution is -2.39. The molecule has 2 aliphatic rings. The van der Waals surface area contributed by atoms with Gasteiger partial charge in [-0.25, -0.2) is 4.98 Å². The van der Waals surface area contributed by atoms with Gasteiger partial charge < -0.3 is 15.2 Å². The number of hydrogen-bond donors (Lipinski definition) is 2. The summed E-state index contributed by atoms with van der Waals surface area (Å²) < 4.78 is 2.00. The van der Waals surface area contributed by atoms with Gasteiger partial charge in [-0.05, 0) is 43.4 Å². The SMILES string of the molecule is Cc1ccc2nc(SCC(=O)N3CCc4c(c(C(=O)NC5CCCC5)nn4CC(C)C)C3)[nH]c2c1. The van der Waals surface area contributed by atoms with Gasteiger partial charge in [0.15, 0.2) is 10.9 Å². The van der Waals surface area contributed by atoms with Crippen LogP contribution in [0.25, 0.3) is 11.0 Å². The van der Waals surface area contributed by atoms with Crippen molar-refractivity contribution in [2.45, 2.75) is 77.2 Å². The molecule has 2 amide bonds. The molecule has 1 fully saturated rings. The van der Waals surface area contributed by atoms with E-state index in [2.05, 4.69) is 35.2 Å². The van der Waals surface area contributed by atoms with E-state index >= 15 is 0 Å². The Morgan fingerprint density at radius 2 is 2.06 bits per heavy atom. The summed E-state index contributed by atoms with van der Waals surface area (Å²) in [6.45, 7) is 8.20. The molecule has 0 atom stereocenters. The molecule has 1 saturated carbocycles. The lowest BCUT2D eigenvalue weighted by atomic mass is 10.0. The van der Waals surface area contributed by atoms with Gasteiger partial charge in [0.05, 0.1) is 16.8 Å². The van der Waals surface area contributed by atoms with Gasteiger partial charge in [-0.1, -0.05) is 44.5 Å². The highest BCUT2D eigenvalue weighted by Crippen LogP contribution is 2.27. The fraction of sp³-hybridized carbons (Fsp3) is 0.538. The number of carbonyl (C=O) groups is 2. The summed E-state index contributed by atoms with van der Waals surface area (Å²) >= 11 is 1.42. The van der Waals surface area contributed by atoms with Gasteiger partial charge >= 0.3 is 0 Å². The summed E-state index contributed by atoms with van der Waals surface area (Å²) in [6, 6.07) is 6.33. The molecular formula is C26H34N6O2S. The van der Waals surface area contributed by atoms with E-state index in [-0.39, 0.29) is 17.9 Å². The number of thioether (sulfide) groups is 1. The molecule has 1 aromatic carbocycles. The minimum atomic E-state index is -0.100. The van der Waals surface area contributed by atoms with Crippen LogP contribution in [0, 0.1) is 12.8 Å². The minimum absolute atomic E-state index is 0.0519. The Kier molecular flexibility index (Phi) is 6.86. The van der Waals surface area contributed by atoms with Crippen LogP contribution in [0.5, 0.6) is 0 Å². The minimum Gasteiger partial charge on any atom is -0.348 e. The maximum Gasteiger partial charge on any atom is 0.272 e. The van der Waals surface area contributed by atoms with Crippen molar-refractivity contribution in [2.24, 2.45) is 5.92 Å². The zero-order valence-electron chi connectivity index (χ0n) is 20.8. The molecule has 3 aromatic rings. The first kappa shape index (κ1) is 23.9. The lowest BCUT2D eigenvalue weighted by Gasteiger charge is -2.28.